The molecule has 1 nitrogen and oxygen atoms in total. The van der Waals surface area contributed by atoms with Crippen LogP contribution in [0.3, 0.4) is 0 Å². The van der Waals surface area contributed by atoms with E-state index < -0.39 is 0 Å². The lowest BCUT2D eigenvalue weighted by Crippen LogP contribution is -2.33. The summed E-state index contributed by atoms with van der Waals surface area (Å²) in [6, 6.07) is 18.6. The minimum Gasteiger partial charge on any atom is -0.292 e. The van der Waals surface area contributed by atoms with Crippen molar-refractivity contribution in [2.75, 3.05) is 6.54 Å². The van der Waals surface area contributed by atoms with Gasteiger partial charge in [0.15, 0.2) is 0 Å². The molecule has 96 valence electrons. The Morgan fingerprint density at radius 1 is 0.789 bits per heavy atom. The van der Waals surface area contributed by atoms with E-state index in [0.29, 0.717) is 6.04 Å². The Labute approximate surface area is 114 Å². The molecule has 0 saturated heterocycles. The number of benzene rings is 2. The van der Waals surface area contributed by atoms with Gasteiger partial charge in [-0.3, -0.25) is 4.90 Å². The number of rotatable bonds is 1. The number of aryl methyl sites for hydroxylation is 1. The number of hydrogen-bond donors (Lipinski definition) is 0. The summed E-state index contributed by atoms with van der Waals surface area (Å²) in [5.41, 5.74) is 6.21. The van der Waals surface area contributed by atoms with E-state index in [1.54, 1.807) is 16.7 Å². The number of nitrogens with zero attached hydrogens (tertiary/aromatic N) is 1. The minimum atomic E-state index is 0.643. The van der Waals surface area contributed by atoms with Gasteiger partial charge < -0.3 is 0 Å². The Morgan fingerprint density at radius 3 is 2.42 bits per heavy atom. The Bertz CT molecular complexity index is 602. The van der Waals surface area contributed by atoms with E-state index in [0.717, 1.165) is 6.54 Å². The van der Waals surface area contributed by atoms with Gasteiger partial charge in [-0.05, 0) is 41.5 Å². The second-order valence-corrected chi connectivity index (χ2v) is 5.74. The summed E-state index contributed by atoms with van der Waals surface area (Å²) in [7, 11) is 0. The molecule has 2 aromatic carbocycles. The lowest BCUT2D eigenvalue weighted by molar-refractivity contribution is 0.179. The van der Waals surface area contributed by atoms with Gasteiger partial charge in [-0.2, -0.15) is 0 Å². The fourth-order valence-corrected chi connectivity index (χ4v) is 3.70. The largest absolute Gasteiger partial charge is 0.292 e. The molecule has 0 saturated carbocycles. The van der Waals surface area contributed by atoms with Crippen LogP contribution in [0.1, 0.15) is 34.7 Å². The molecule has 0 fully saturated rings. The maximum atomic E-state index is 2.67. The summed E-state index contributed by atoms with van der Waals surface area (Å²) in [6.45, 7) is 2.32. The van der Waals surface area contributed by atoms with Gasteiger partial charge in [-0.1, -0.05) is 48.5 Å². The third-order valence-electron chi connectivity index (χ3n) is 4.70. The van der Waals surface area contributed by atoms with E-state index >= 15 is 0 Å². The molecule has 0 N–H and O–H groups in total. The molecular formula is C18H19N. The van der Waals surface area contributed by atoms with Gasteiger partial charge in [0, 0.05) is 19.1 Å². The van der Waals surface area contributed by atoms with Crippen LogP contribution in [-0.4, -0.2) is 11.4 Å². The molecule has 1 aliphatic heterocycles. The highest BCUT2D eigenvalue weighted by atomic mass is 15.2. The van der Waals surface area contributed by atoms with Gasteiger partial charge >= 0.3 is 0 Å². The molecule has 1 atom stereocenters. The highest BCUT2D eigenvalue weighted by molar-refractivity contribution is 5.36. The van der Waals surface area contributed by atoms with Crippen molar-refractivity contribution in [1.82, 2.24) is 4.90 Å². The quantitative estimate of drug-likeness (QED) is 0.744. The fourth-order valence-electron chi connectivity index (χ4n) is 3.70. The highest BCUT2D eigenvalue weighted by Crippen LogP contribution is 2.37. The van der Waals surface area contributed by atoms with E-state index in [1.165, 1.54) is 31.4 Å². The Morgan fingerprint density at radius 2 is 1.53 bits per heavy atom. The molecule has 0 bridgehead atoms. The van der Waals surface area contributed by atoms with Gasteiger partial charge in [-0.15, -0.1) is 0 Å². The van der Waals surface area contributed by atoms with Crippen LogP contribution in [0.25, 0.3) is 0 Å². The van der Waals surface area contributed by atoms with Crippen LogP contribution in [0, 0.1) is 0 Å². The van der Waals surface area contributed by atoms with Gasteiger partial charge in [0.1, 0.15) is 0 Å². The molecule has 1 heterocycles. The Kier molecular flexibility index (Phi) is 2.66. The van der Waals surface area contributed by atoms with Gasteiger partial charge in [0.05, 0.1) is 0 Å². The topological polar surface area (TPSA) is 3.24 Å². The van der Waals surface area contributed by atoms with Crippen LogP contribution < -0.4 is 0 Å². The van der Waals surface area contributed by atoms with Gasteiger partial charge in [0.2, 0.25) is 0 Å². The summed E-state index contributed by atoms with van der Waals surface area (Å²) < 4.78 is 0. The molecule has 0 unspecified atom stereocenters. The van der Waals surface area contributed by atoms with Crippen LogP contribution >= 0.6 is 0 Å². The van der Waals surface area contributed by atoms with Crippen LogP contribution in [0.4, 0.5) is 0 Å². The maximum Gasteiger partial charge on any atom is 0.0357 e. The molecule has 1 heteroatoms. The maximum absolute atomic E-state index is 2.67. The normalized spacial score (nSPS) is 22.0. The molecule has 4 rings (SSSR count). The van der Waals surface area contributed by atoms with Crippen molar-refractivity contribution in [2.45, 2.75) is 31.8 Å². The summed E-state index contributed by atoms with van der Waals surface area (Å²) in [5, 5.41) is 0. The van der Waals surface area contributed by atoms with Crippen molar-refractivity contribution in [2.24, 2.45) is 0 Å². The van der Waals surface area contributed by atoms with Crippen molar-refractivity contribution in [3.63, 3.8) is 0 Å². The summed E-state index contributed by atoms with van der Waals surface area (Å²) in [5.74, 6) is 0. The number of fused-ring (bicyclic) bond motifs is 2. The molecular weight excluding hydrogens is 230 g/mol. The van der Waals surface area contributed by atoms with E-state index in [9.17, 15) is 0 Å². The van der Waals surface area contributed by atoms with Crippen LogP contribution in [0.2, 0.25) is 0 Å². The van der Waals surface area contributed by atoms with Crippen molar-refractivity contribution < 1.29 is 0 Å². The van der Waals surface area contributed by atoms with Gasteiger partial charge in [-0.25, -0.2) is 0 Å². The predicted molar refractivity (Wildman–Crippen MR) is 78.1 cm³/mol. The number of hydrogen-bond acceptors (Lipinski definition) is 1. The first-order chi connectivity index (χ1) is 9.42. The summed E-state index contributed by atoms with van der Waals surface area (Å²) >= 11 is 0. The third kappa shape index (κ3) is 1.89. The van der Waals surface area contributed by atoms with E-state index in [-0.39, 0.29) is 0 Å². The molecule has 1 aliphatic carbocycles. The zero-order valence-corrected chi connectivity index (χ0v) is 11.2. The Balaban J connectivity index is 1.63. The SMILES string of the molecule is c1ccc2c(c1)CCN([C@H]1CCc3ccccc31)C2. The zero-order chi connectivity index (χ0) is 12.7. The minimum absolute atomic E-state index is 0.643. The average Bonchev–Trinajstić information content (AvgIpc) is 2.91. The van der Waals surface area contributed by atoms with Gasteiger partial charge in [0.25, 0.3) is 0 Å². The third-order valence-corrected chi connectivity index (χ3v) is 4.70. The lowest BCUT2D eigenvalue weighted by atomic mass is 9.97. The molecule has 0 spiro atoms. The molecule has 2 aliphatic rings. The smallest absolute Gasteiger partial charge is 0.0357 e. The summed E-state index contributed by atoms with van der Waals surface area (Å²) in [6.07, 6.45) is 3.75. The fraction of sp³-hybridized carbons (Fsp3) is 0.333. The monoisotopic (exact) mass is 249 g/mol. The van der Waals surface area contributed by atoms with Crippen LogP contribution in [0.15, 0.2) is 48.5 Å². The average molecular weight is 249 g/mol. The molecule has 0 aromatic heterocycles. The van der Waals surface area contributed by atoms with Crippen LogP contribution in [-0.2, 0) is 19.4 Å². The Hall–Kier alpha value is -1.60. The first-order valence-corrected chi connectivity index (χ1v) is 7.30. The first-order valence-electron chi connectivity index (χ1n) is 7.30. The predicted octanol–water partition coefficient (Wildman–Crippen LogP) is 3.73. The van der Waals surface area contributed by atoms with E-state index in [1.807, 2.05) is 0 Å². The summed E-state index contributed by atoms with van der Waals surface area (Å²) in [4.78, 5) is 2.67. The van der Waals surface area contributed by atoms with Crippen LogP contribution in [0.5, 0.6) is 0 Å². The van der Waals surface area contributed by atoms with Crippen molar-refractivity contribution in [3.05, 3.63) is 70.8 Å². The lowest BCUT2D eigenvalue weighted by Gasteiger charge is -2.34. The first kappa shape index (κ1) is 11.2. The molecule has 19 heavy (non-hydrogen) atoms. The van der Waals surface area contributed by atoms with E-state index in [4.69, 9.17) is 0 Å². The zero-order valence-electron chi connectivity index (χ0n) is 11.2. The molecule has 2 aromatic rings. The van der Waals surface area contributed by atoms with Crippen molar-refractivity contribution >= 4 is 0 Å². The highest BCUT2D eigenvalue weighted by Gasteiger charge is 2.29. The van der Waals surface area contributed by atoms with Crippen molar-refractivity contribution in [1.29, 1.82) is 0 Å². The van der Waals surface area contributed by atoms with E-state index in [2.05, 4.69) is 53.4 Å². The molecule has 0 radical (unpaired) electrons. The molecule has 0 amide bonds. The standard InChI is InChI=1S/C18H19N/c1-2-7-16-13-19(12-11-14(16)5-1)18-10-9-15-6-3-4-8-17(15)18/h1-8,18H,9-13H2/t18-/m0/s1. The second-order valence-electron chi connectivity index (χ2n) is 5.74. The second kappa shape index (κ2) is 4.50. The van der Waals surface area contributed by atoms with Crippen molar-refractivity contribution in [3.8, 4) is 0 Å².